The first-order valence-electron chi connectivity index (χ1n) is 11.0. The number of ether oxygens (including phenoxy) is 3. The van der Waals surface area contributed by atoms with Gasteiger partial charge in [0.2, 0.25) is 5.91 Å². The summed E-state index contributed by atoms with van der Waals surface area (Å²) in [5.74, 6) is 0.836. The standard InChI is InChI=1S/C25H30N2O5/c1-25(2,3)17-7-4-8-18(13-17)32-22-11-5-9-19-20(22)14-31-16-27(24(19)29)21-10-6-12-30-15-26-23(21)28/h4-5,7-9,11,13,21H,6,10,12,14-16H2,1-3H3,(H,26,28). The molecule has 2 heterocycles. The van der Waals surface area contributed by atoms with Crippen molar-refractivity contribution in [3.63, 3.8) is 0 Å². The Hall–Kier alpha value is -2.90. The smallest absolute Gasteiger partial charge is 0.256 e. The third-order valence-electron chi connectivity index (χ3n) is 5.82. The second-order valence-electron chi connectivity index (χ2n) is 9.17. The maximum absolute atomic E-state index is 13.4. The molecular weight excluding hydrogens is 408 g/mol. The van der Waals surface area contributed by atoms with E-state index in [2.05, 4.69) is 32.2 Å². The number of amides is 2. The Bertz CT molecular complexity index is 998. The Labute approximate surface area is 188 Å². The summed E-state index contributed by atoms with van der Waals surface area (Å²) >= 11 is 0. The molecule has 7 nitrogen and oxygen atoms in total. The Balaban J connectivity index is 1.62. The molecule has 1 fully saturated rings. The fraction of sp³-hybridized carbons (Fsp3) is 0.440. The van der Waals surface area contributed by atoms with Gasteiger partial charge in [0.15, 0.2) is 0 Å². The molecule has 4 rings (SSSR count). The van der Waals surface area contributed by atoms with E-state index in [0.717, 1.165) is 5.56 Å². The predicted octanol–water partition coefficient (Wildman–Crippen LogP) is 3.96. The van der Waals surface area contributed by atoms with E-state index in [4.69, 9.17) is 14.2 Å². The second kappa shape index (κ2) is 9.30. The van der Waals surface area contributed by atoms with E-state index >= 15 is 0 Å². The molecule has 0 radical (unpaired) electrons. The van der Waals surface area contributed by atoms with Gasteiger partial charge in [0, 0.05) is 17.7 Å². The third kappa shape index (κ3) is 4.79. The molecule has 2 aromatic rings. The van der Waals surface area contributed by atoms with Crippen molar-refractivity contribution in [1.29, 1.82) is 0 Å². The van der Waals surface area contributed by atoms with E-state index in [9.17, 15) is 9.59 Å². The monoisotopic (exact) mass is 438 g/mol. The lowest BCUT2D eigenvalue weighted by Gasteiger charge is -2.30. The lowest BCUT2D eigenvalue weighted by Crippen LogP contribution is -2.51. The highest BCUT2D eigenvalue weighted by atomic mass is 16.5. The van der Waals surface area contributed by atoms with Gasteiger partial charge in [-0.15, -0.1) is 0 Å². The minimum absolute atomic E-state index is 0.00422. The van der Waals surface area contributed by atoms with E-state index < -0.39 is 6.04 Å². The van der Waals surface area contributed by atoms with Crippen LogP contribution in [0.15, 0.2) is 42.5 Å². The van der Waals surface area contributed by atoms with Crippen LogP contribution in [0.2, 0.25) is 0 Å². The van der Waals surface area contributed by atoms with Gasteiger partial charge in [0.05, 0.1) is 6.61 Å². The maximum atomic E-state index is 13.4. The first-order chi connectivity index (χ1) is 15.3. The highest BCUT2D eigenvalue weighted by molar-refractivity contribution is 5.99. The normalized spacial score (nSPS) is 20.0. The van der Waals surface area contributed by atoms with Crippen molar-refractivity contribution < 1.29 is 23.8 Å². The second-order valence-corrected chi connectivity index (χ2v) is 9.17. The molecule has 0 bridgehead atoms. The molecule has 1 unspecified atom stereocenters. The van der Waals surface area contributed by atoms with E-state index in [-0.39, 0.29) is 37.3 Å². The van der Waals surface area contributed by atoms with Crippen LogP contribution in [0.5, 0.6) is 11.5 Å². The number of carbonyl (C=O) groups excluding carboxylic acids is 2. The fourth-order valence-corrected chi connectivity index (χ4v) is 3.97. The highest BCUT2D eigenvalue weighted by Gasteiger charge is 2.34. The van der Waals surface area contributed by atoms with E-state index in [1.165, 1.54) is 4.90 Å². The van der Waals surface area contributed by atoms with Gasteiger partial charge in [-0.3, -0.25) is 9.59 Å². The Morgan fingerprint density at radius 1 is 1.09 bits per heavy atom. The zero-order chi connectivity index (χ0) is 22.7. The Kier molecular flexibility index (Phi) is 6.48. The van der Waals surface area contributed by atoms with Crippen LogP contribution in [-0.4, -0.2) is 42.8 Å². The van der Waals surface area contributed by atoms with Crippen molar-refractivity contribution in [3.8, 4) is 11.5 Å². The van der Waals surface area contributed by atoms with Crippen molar-refractivity contribution in [2.75, 3.05) is 20.1 Å². The van der Waals surface area contributed by atoms with E-state index in [1.54, 1.807) is 12.1 Å². The number of benzene rings is 2. The first kappa shape index (κ1) is 22.3. The van der Waals surface area contributed by atoms with Crippen molar-refractivity contribution in [2.45, 2.75) is 51.7 Å². The van der Waals surface area contributed by atoms with Crippen LogP contribution in [0.25, 0.3) is 0 Å². The van der Waals surface area contributed by atoms with Crippen molar-refractivity contribution in [3.05, 3.63) is 59.2 Å². The zero-order valence-electron chi connectivity index (χ0n) is 18.8. The summed E-state index contributed by atoms with van der Waals surface area (Å²) in [6.07, 6.45) is 1.22. The molecule has 32 heavy (non-hydrogen) atoms. The molecule has 1 saturated heterocycles. The zero-order valence-corrected chi connectivity index (χ0v) is 18.8. The van der Waals surface area contributed by atoms with Crippen LogP contribution >= 0.6 is 0 Å². The number of hydrogen-bond donors (Lipinski definition) is 1. The molecule has 7 heteroatoms. The summed E-state index contributed by atoms with van der Waals surface area (Å²) in [7, 11) is 0. The Morgan fingerprint density at radius 3 is 2.72 bits per heavy atom. The molecule has 1 N–H and O–H groups in total. The SMILES string of the molecule is CC(C)(C)c1cccc(Oc2cccc3c2COCN(C2CCCOCNC2=O)C3=O)c1. The van der Waals surface area contributed by atoms with Gasteiger partial charge >= 0.3 is 0 Å². The highest BCUT2D eigenvalue weighted by Crippen LogP contribution is 2.33. The molecule has 0 saturated carbocycles. The van der Waals surface area contributed by atoms with Crippen LogP contribution in [0.4, 0.5) is 0 Å². The van der Waals surface area contributed by atoms with Crippen molar-refractivity contribution >= 4 is 11.8 Å². The summed E-state index contributed by atoms with van der Waals surface area (Å²) in [6.45, 7) is 7.43. The van der Waals surface area contributed by atoms with E-state index in [0.29, 0.717) is 42.1 Å². The third-order valence-corrected chi connectivity index (χ3v) is 5.82. The summed E-state index contributed by atoms with van der Waals surface area (Å²) in [5.41, 5.74) is 2.35. The number of fused-ring (bicyclic) bond motifs is 1. The average Bonchev–Trinajstić information content (AvgIpc) is 2.91. The summed E-state index contributed by atoms with van der Waals surface area (Å²) in [5, 5.41) is 2.72. The summed E-state index contributed by atoms with van der Waals surface area (Å²) in [4.78, 5) is 27.6. The van der Waals surface area contributed by atoms with Crippen molar-refractivity contribution in [1.82, 2.24) is 10.2 Å². The van der Waals surface area contributed by atoms with Gasteiger partial charge in [-0.1, -0.05) is 39.0 Å². The van der Waals surface area contributed by atoms with Crippen molar-refractivity contribution in [2.24, 2.45) is 0 Å². The Morgan fingerprint density at radius 2 is 1.91 bits per heavy atom. The minimum Gasteiger partial charge on any atom is -0.457 e. The fourth-order valence-electron chi connectivity index (χ4n) is 3.97. The topological polar surface area (TPSA) is 77.1 Å². The summed E-state index contributed by atoms with van der Waals surface area (Å²) in [6, 6.07) is 12.8. The predicted molar refractivity (Wildman–Crippen MR) is 119 cm³/mol. The molecular formula is C25H30N2O5. The lowest BCUT2D eigenvalue weighted by molar-refractivity contribution is -0.131. The van der Waals surface area contributed by atoms with Crippen LogP contribution < -0.4 is 10.1 Å². The van der Waals surface area contributed by atoms with Gasteiger partial charge in [-0.25, -0.2) is 0 Å². The number of hydrogen-bond acceptors (Lipinski definition) is 5. The van der Waals surface area contributed by atoms with Gasteiger partial charge in [0.1, 0.15) is 31.0 Å². The van der Waals surface area contributed by atoms with Gasteiger partial charge in [0.25, 0.3) is 5.91 Å². The van der Waals surface area contributed by atoms with Crippen LogP contribution in [0, 0.1) is 0 Å². The summed E-state index contributed by atoms with van der Waals surface area (Å²) < 4.78 is 17.4. The van der Waals surface area contributed by atoms with Gasteiger partial charge < -0.3 is 24.4 Å². The van der Waals surface area contributed by atoms with E-state index in [1.807, 2.05) is 24.3 Å². The molecule has 0 aromatic heterocycles. The number of carbonyl (C=O) groups is 2. The average molecular weight is 439 g/mol. The molecule has 2 aromatic carbocycles. The van der Waals surface area contributed by atoms with Gasteiger partial charge in [-0.2, -0.15) is 0 Å². The quantitative estimate of drug-likeness (QED) is 0.785. The van der Waals surface area contributed by atoms with Gasteiger partial charge in [-0.05, 0) is 48.1 Å². The first-order valence-corrected chi connectivity index (χ1v) is 11.0. The number of nitrogens with one attached hydrogen (secondary N) is 1. The van der Waals surface area contributed by atoms with Crippen LogP contribution in [0.1, 0.15) is 55.1 Å². The number of rotatable bonds is 3. The molecule has 170 valence electrons. The lowest BCUT2D eigenvalue weighted by atomic mass is 9.87. The molecule has 1 atom stereocenters. The molecule has 2 aliphatic heterocycles. The largest absolute Gasteiger partial charge is 0.457 e. The number of nitrogens with zero attached hydrogens (tertiary/aromatic N) is 1. The molecule has 2 amide bonds. The maximum Gasteiger partial charge on any atom is 0.256 e. The molecule has 0 aliphatic carbocycles. The molecule has 0 spiro atoms. The van der Waals surface area contributed by atoms with Crippen LogP contribution in [0.3, 0.4) is 0 Å². The van der Waals surface area contributed by atoms with Crippen LogP contribution in [-0.2, 0) is 26.3 Å². The minimum atomic E-state index is -0.592. The molecule has 2 aliphatic rings.